The first-order valence-electron chi connectivity index (χ1n) is 4.17. The molecule has 6 heteroatoms. The zero-order valence-corrected chi connectivity index (χ0v) is 8.58. The Kier molecular flexibility index (Phi) is 2.36. The third-order valence-corrected chi connectivity index (χ3v) is 2.63. The predicted octanol–water partition coefficient (Wildman–Crippen LogP) is 1.07. The Balaban J connectivity index is 1.98. The molecule has 0 aromatic carbocycles. The molecule has 2 aromatic heterocycles. The topological polar surface area (TPSA) is 68.8 Å². The molecule has 0 unspecified atom stereocenters. The zero-order chi connectivity index (χ0) is 9.97. The Morgan fingerprint density at radius 3 is 3.00 bits per heavy atom. The number of nitrogens with one attached hydrogen (secondary N) is 1. The fraction of sp³-hybridized carbons (Fsp3) is 0.250. The van der Waals surface area contributed by atoms with Crippen molar-refractivity contribution >= 4 is 21.5 Å². The Morgan fingerprint density at radius 2 is 2.43 bits per heavy atom. The van der Waals surface area contributed by atoms with Crippen molar-refractivity contribution < 1.29 is 0 Å². The van der Waals surface area contributed by atoms with Crippen LogP contribution in [0, 0.1) is 0 Å². The summed E-state index contributed by atoms with van der Waals surface area (Å²) in [5.74, 6) is 0.971. The molecule has 0 radical (unpaired) electrons. The average Bonchev–Trinajstić information content (AvgIpc) is 2.72. The van der Waals surface area contributed by atoms with E-state index in [0.717, 1.165) is 11.0 Å². The van der Waals surface area contributed by atoms with Gasteiger partial charge in [0.1, 0.15) is 10.8 Å². The number of anilines is 2. The molecule has 0 fully saturated rings. The molecule has 0 aliphatic rings. The quantitative estimate of drug-likeness (QED) is 0.793. The van der Waals surface area contributed by atoms with Crippen molar-refractivity contribution in [3.63, 3.8) is 0 Å². The molecule has 0 amide bonds. The van der Waals surface area contributed by atoms with Gasteiger partial charge in [0.2, 0.25) is 0 Å². The van der Waals surface area contributed by atoms with Gasteiger partial charge in [0.05, 0.1) is 12.7 Å². The van der Waals surface area contributed by atoms with Crippen molar-refractivity contribution in [2.75, 3.05) is 11.1 Å². The number of hydrogen-bond acceptors (Lipinski definition) is 5. The monoisotopic (exact) mass is 209 g/mol. The lowest BCUT2D eigenvalue weighted by Gasteiger charge is -2.01. The molecular weight excluding hydrogens is 198 g/mol. The lowest BCUT2D eigenvalue weighted by Crippen LogP contribution is -2.05. The minimum atomic E-state index is 0.663. The number of nitrogen functional groups attached to an aromatic ring is 1. The normalized spacial score (nSPS) is 10.4. The average molecular weight is 209 g/mol. The van der Waals surface area contributed by atoms with E-state index in [9.17, 15) is 0 Å². The largest absolute Gasteiger partial charge is 0.389 e. The molecule has 0 bridgehead atoms. The summed E-state index contributed by atoms with van der Waals surface area (Å²) in [7, 11) is 1.96. The molecule has 0 aliphatic carbocycles. The first-order chi connectivity index (χ1) is 6.75. The molecular formula is C8H11N5S. The van der Waals surface area contributed by atoms with Crippen molar-refractivity contribution in [2.45, 2.75) is 6.54 Å². The van der Waals surface area contributed by atoms with E-state index in [1.54, 1.807) is 12.4 Å². The summed E-state index contributed by atoms with van der Waals surface area (Å²) in [5.41, 5.74) is 5.55. The second-order valence-corrected chi connectivity index (χ2v) is 3.94. The number of rotatable bonds is 3. The smallest absolute Gasteiger partial charge is 0.184 e. The summed E-state index contributed by atoms with van der Waals surface area (Å²) in [6, 6.07) is 0. The highest BCUT2D eigenvalue weighted by Crippen LogP contribution is 2.19. The third-order valence-electron chi connectivity index (χ3n) is 1.84. The van der Waals surface area contributed by atoms with Crippen molar-refractivity contribution in [3.8, 4) is 0 Å². The van der Waals surface area contributed by atoms with Crippen molar-refractivity contribution in [1.29, 1.82) is 0 Å². The number of imidazole rings is 1. The van der Waals surface area contributed by atoms with E-state index < -0.39 is 0 Å². The molecule has 2 heterocycles. The first-order valence-corrected chi connectivity index (χ1v) is 4.99. The van der Waals surface area contributed by atoms with Crippen LogP contribution in [0.15, 0.2) is 18.6 Å². The SMILES string of the molecule is Cn1ccnc1CNc1ncc(N)s1. The molecule has 0 spiro atoms. The maximum Gasteiger partial charge on any atom is 0.184 e. The number of nitrogens with zero attached hydrogens (tertiary/aromatic N) is 3. The highest BCUT2D eigenvalue weighted by molar-refractivity contribution is 7.19. The van der Waals surface area contributed by atoms with Crippen LogP contribution < -0.4 is 11.1 Å². The molecule has 0 saturated heterocycles. The minimum absolute atomic E-state index is 0.663. The lowest BCUT2D eigenvalue weighted by atomic mass is 10.6. The Hall–Kier alpha value is -1.56. The van der Waals surface area contributed by atoms with E-state index in [-0.39, 0.29) is 0 Å². The number of thiazole rings is 1. The predicted molar refractivity (Wildman–Crippen MR) is 57.1 cm³/mol. The van der Waals surface area contributed by atoms with E-state index >= 15 is 0 Å². The van der Waals surface area contributed by atoms with Gasteiger partial charge in [-0.25, -0.2) is 9.97 Å². The molecule has 5 nitrogen and oxygen atoms in total. The van der Waals surface area contributed by atoms with Crippen LogP contribution >= 0.6 is 11.3 Å². The molecule has 0 atom stereocenters. The molecule has 14 heavy (non-hydrogen) atoms. The summed E-state index contributed by atoms with van der Waals surface area (Å²) in [6.45, 7) is 0.663. The maximum absolute atomic E-state index is 5.55. The summed E-state index contributed by atoms with van der Waals surface area (Å²) in [5, 5.41) is 4.69. The molecule has 0 aliphatic heterocycles. The van der Waals surface area contributed by atoms with E-state index in [0.29, 0.717) is 11.5 Å². The lowest BCUT2D eigenvalue weighted by molar-refractivity contribution is 0.812. The highest BCUT2D eigenvalue weighted by atomic mass is 32.1. The second kappa shape index (κ2) is 3.67. The first kappa shape index (κ1) is 9.01. The standard InChI is InChI=1S/C8H11N5S/c1-13-3-2-10-7(13)5-12-8-11-4-6(9)14-8/h2-4H,5,9H2,1H3,(H,11,12). The summed E-state index contributed by atoms with van der Waals surface area (Å²) in [4.78, 5) is 8.27. The van der Waals surface area contributed by atoms with Gasteiger partial charge in [-0.15, -0.1) is 0 Å². The number of aromatic nitrogens is 3. The van der Waals surface area contributed by atoms with Crippen LogP contribution in [0.4, 0.5) is 10.1 Å². The van der Waals surface area contributed by atoms with Gasteiger partial charge in [0.15, 0.2) is 5.13 Å². The summed E-state index contributed by atoms with van der Waals surface area (Å²) < 4.78 is 1.96. The summed E-state index contributed by atoms with van der Waals surface area (Å²) in [6.07, 6.45) is 5.33. The highest BCUT2D eigenvalue weighted by Gasteiger charge is 2.01. The van der Waals surface area contributed by atoms with E-state index in [1.165, 1.54) is 11.3 Å². The van der Waals surface area contributed by atoms with Gasteiger partial charge in [-0.2, -0.15) is 0 Å². The van der Waals surface area contributed by atoms with Gasteiger partial charge in [-0.1, -0.05) is 11.3 Å². The van der Waals surface area contributed by atoms with E-state index in [1.807, 2.05) is 17.8 Å². The van der Waals surface area contributed by atoms with Gasteiger partial charge < -0.3 is 15.6 Å². The van der Waals surface area contributed by atoms with E-state index in [2.05, 4.69) is 15.3 Å². The number of aryl methyl sites for hydroxylation is 1. The zero-order valence-electron chi connectivity index (χ0n) is 7.77. The third kappa shape index (κ3) is 1.85. The Bertz CT molecular complexity index is 419. The van der Waals surface area contributed by atoms with Gasteiger partial charge in [-0.05, 0) is 0 Å². The molecule has 3 N–H and O–H groups in total. The van der Waals surface area contributed by atoms with Gasteiger partial charge in [-0.3, -0.25) is 0 Å². The fourth-order valence-electron chi connectivity index (χ4n) is 1.09. The van der Waals surface area contributed by atoms with Crippen molar-refractivity contribution in [2.24, 2.45) is 7.05 Å². The van der Waals surface area contributed by atoms with Crippen LogP contribution in [-0.2, 0) is 13.6 Å². The maximum atomic E-state index is 5.55. The molecule has 0 saturated carbocycles. The minimum Gasteiger partial charge on any atom is -0.389 e. The molecule has 74 valence electrons. The van der Waals surface area contributed by atoms with Crippen LogP contribution in [-0.4, -0.2) is 14.5 Å². The number of hydrogen-bond donors (Lipinski definition) is 2. The Morgan fingerprint density at radius 1 is 1.57 bits per heavy atom. The van der Waals surface area contributed by atoms with Crippen molar-refractivity contribution in [3.05, 3.63) is 24.4 Å². The van der Waals surface area contributed by atoms with Crippen molar-refractivity contribution in [1.82, 2.24) is 14.5 Å². The molecule has 2 aromatic rings. The summed E-state index contributed by atoms with van der Waals surface area (Å²) >= 11 is 1.43. The van der Waals surface area contributed by atoms with Gasteiger partial charge in [0, 0.05) is 19.4 Å². The van der Waals surface area contributed by atoms with Crippen LogP contribution in [0.25, 0.3) is 0 Å². The second-order valence-electron chi connectivity index (χ2n) is 2.88. The fourth-order valence-corrected chi connectivity index (χ4v) is 1.67. The van der Waals surface area contributed by atoms with Crippen LogP contribution in [0.3, 0.4) is 0 Å². The Labute approximate surface area is 85.6 Å². The van der Waals surface area contributed by atoms with Gasteiger partial charge >= 0.3 is 0 Å². The van der Waals surface area contributed by atoms with Crippen LogP contribution in [0.2, 0.25) is 0 Å². The van der Waals surface area contributed by atoms with Gasteiger partial charge in [0.25, 0.3) is 0 Å². The number of nitrogens with two attached hydrogens (primary N) is 1. The van der Waals surface area contributed by atoms with Crippen LogP contribution in [0.5, 0.6) is 0 Å². The molecule has 2 rings (SSSR count). The van der Waals surface area contributed by atoms with Crippen LogP contribution in [0.1, 0.15) is 5.82 Å². The van der Waals surface area contributed by atoms with E-state index in [4.69, 9.17) is 5.73 Å².